The van der Waals surface area contributed by atoms with E-state index in [2.05, 4.69) is 6.07 Å². The minimum Gasteiger partial charge on any atom is -0.488 e. The summed E-state index contributed by atoms with van der Waals surface area (Å²) in [7, 11) is 0. The summed E-state index contributed by atoms with van der Waals surface area (Å²) < 4.78 is 5.93. The Hall–Kier alpha value is -1.69. The number of nitrogens with two attached hydrogens (primary N) is 1. The summed E-state index contributed by atoms with van der Waals surface area (Å²) in [6.45, 7) is 0. The van der Waals surface area contributed by atoms with Crippen LogP contribution in [0, 0.1) is 11.3 Å². The molecule has 1 fully saturated rings. The highest BCUT2D eigenvalue weighted by molar-refractivity contribution is 5.63. The SMILES string of the molecule is N#Cc1cccc(OC2CCCCCC2)c1N. The van der Waals surface area contributed by atoms with E-state index in [0.717, 1.165) is 12.8 Å². The van der Waals surface area contributed by atoms with Crippen molar-refractivity contribution in [3.63, 3.8) is 0 Å². The second-order valence-corrected chi connectivity index (χ2v) is 4.56. The van der Waals surface area contributed by atoms with E-state index in [1.54, 1.807) is 6.07 Å². The lowest BCUT2D eigenvalue weighted by Crippen LogP contribution is -2.16. The Balaban J connectivity index is 2.10. The number of hydrogen-bond acceptors (Lipinski definition) is 3. The molecule has 3 heteroatoms. The van der Waals surface area contributed by atoms with Crippen LogP contribution in [0.1, 0.15) is 44.1 Å². The molecule has 0 bridgehead atoms. The van der Waals surface area contributed by atoms with Crippen molar-refractivity contribution in [2.24, 2.45) is 0 Å². The maximum Gasteiger partial charge on any atom is 0.143 e. The fourth-order valence-electron chi connectivity index (χ4n) is 2.28. The van der Waals surface area contributed by atoms with E-state index < -0.39 is 0 Å². The van der Waals surface area contributed by atoms with Gasteiger partial charge in [-0.1, -0.05) is 18.9 Å². The molecule has 90 valence electrons. The van der Waals surface area contributed by atoms with Crippen LogP contribution >= 0.6 is 0 Å². The molecule has 0 unspecified atom stereocenters. The standard InChI is InChI=1S/C14H18N2O/c15-10-11-6-5-9-13(14(11)16)17-12-7-3-1-2-4-8-12/h5-6,9,12H,1-4,7-8,16H2. The zero-order valence-electron chi connectivity index (χ0n) is 9.98. The molecule has 1 aromatic carbocycles. The lowest BCUT2D eigenvalue weighted by Gasteiger charge is -2.18. The molecule has 0 atom stereocenters. The maximum absolute atomic E-state index is 8.91. The van der Waals surface area contributed by atoms with Crippen molar-refractivity contribution in [2.75, 3.05) is 5.73 Å². The quantitative estimate of drug-likeness (QED) is 0.626. The van der Waals surface area contributed by atoms with Crippen LogP contribution in [0.5, 0.6) is 5.75 Å². The molecule has 1 aliphatic carbocycles. The number of nitrogens with zero attached hydrogens (tertiary/aromatic N) is 1. The molecule has 17 heavy (non-hydrogen) atoms. The monoisotopic (exact) mass is 230 g/mol. The minimum absolute atomic E-state index is 0.258. The van der Waals surface area contributed by atoms with Crippen molar-refractivity contribution in [3.8, 4) is 11.8 Å². The summed E-state index contributed by atoms with van der Waals surface area (Å²) in [4.78, 5) is 0. The molecule has 0 saturated heterocycles. The Labute approximate surface area is 102 Å². The Morgan fingerprint density at radius 1 is 1.18 bits per heavy atom. The first kappa shape index (κ1) is 11.8. The van der Waals surface area contributed by atoms with Crippen LogP contribution in [0.3, 0.4) is 0 Å². The Kier molecular flexibility index (Phi) is 3.87. The average Bonchev–Trinajstić information content (AvgIpc) is 2.60. The third-order valence-electron chi connectivity index (χ3n) is 3.28. The van der Waals surface area contributed by atoms with Gasteiger partial charge in [-0.15, -0.1) is 0 Å². The lowest BCUT2D eigenvalue weighted by molar-refractivity contribution is 0.185. The van der Waals surface area contributed by atoms with E-state index in [4.69, 9.17) is 15.7 Å². The second-order valence-electron chi connectivity index (χ2n) is 4.56. The molecule has 0 heterocycles. The summed E-state index contributed by atoms with van der Waals surface area (Å²) in [6, 6.07) is 7.47. The third kappa shape index (κ3) is 2.91. The molecule has 0 spiro atoms. The first-order valence-corrected chi connectivity index (χ1v) is 6.26. The van der Waals surface area contributed by atoms with Gasteiger partial charge in [-0.25, -0.2) is 0 Å². The van der Waals surface area contributed by atoms with E-state index in [9.17, 15) is 0 Å². The Bertz CT molecular complexity index is 415. The third-order valence-corrected chi connectivity index (χ3v) is 3.28. The minimum atomic E-state index is 0.258. The van der Waals surface area contributed by atoms with Gasteiger partial charge in [-0.2, -0.15) is 5.26 Å². The van der Waals surface area contributed by atoms with Gasteiger partial charge in [-0.3, -0.25) is 0 Å². The molecule has 0 aliphatic heterocycles. The normalized spacial score (nSPS) is 17.1. The van der Waals surface area contributed by atoms with Gasteiger partial charge in [0.05, 0.1) is 17.4 Å². The smallest absolute Gasteiger partial charge is 0.143 e. The maximum atomic E-state index is 8.91. The van der Waals surface area contributed by atoms with Crippen molar-refractivity contribution < 1.29 is 4.74 Å². The predicted molar refractivity (Wildman–Crippen MR) is 67.7 cm³/mol. The first-order valence-electron chi connectivity index (χ1n) is 6.26. The number of benzene rings is 1. The van der Waals surface area contributed by atoms with Crippen molar-refractivity contribution >= 4 is 5.69 Å². The summed E-state index contributed by atoms with van der Waals surface area (Å²) in [5, 5.41) is 8.91. The van der Waals surface area contributed by atoms with Gasteiger partial charge in [0.1, 0.15) is 11.8 Å². The second kappa shape index (κ2) is 5.58. The van der Waals surface area contributed by atoms with Gasteiger partial charge in [-0.05, 0) is 37.8 Å². The molecular formula is C14H18N2O. The van der Waals surface area contributed by atoms with Gasteiger partial charge in [0, 0.05) is 0 Å². The summed E-state index contributed by atoms with van der Waals surface area (Å²) in [5.41, 5.74) is 6.87. The van der Waals surface area contributed by atoms with Gasteiger partial charge in [0.2, 0.25) is 0 Å². The molecule has 2 N–H and O–H groups in total. The highest BCUT2D eigenvalue weighted by Gasteiger charge is 2.15. The van der Waals surface area contributed by atoms with Crippen LogP contribution in [-0.2, 0) is 0 Å². The van der Waals surface area contributed by atoms with E-state index in [1.165, 1.54) is 25.7 Å². The molecule has 3 nitrogen and oxygen atoms in total. The highest BCUT2D eigenvalue weighted by atomic mass is 16.5. The molecule has 1 saturated carbocycles. The fourth-order valence-corrected chi connectivity index (χ4v) is 2.28. The van der Waals surface area contributed by atoms with E-state index in [0.29, 0.717) is 17.0 Å². The fraction of sp³-hybridized carbons (Fsp3) is 0.500. The summed E-state index contributed by atoms with van der Waals surface area (Å²) in [5.74, 6) is 0.663. The average molecular weight is 230 g/mol. The van der Waals surface area contributed by atoms with Crippen LogP contribution in [-0.4, -0.2) is 6.10 Å². The van der Waals surface area contributed by atoms with Crippen molar-refractivity contribution in [1.82, 2.24) is 0 Å². The Morgan fingerprint density at radius 3 is 2.53 bits per heavy atom. The van der Waals surface area contributed by atoms with Gasteiger partial charge in [0.15, 0.2) is 0 Å². The van der Waals surface area contributed by atoms with Gasteiger partial charge >= 0.3 is 0 Å². The number of ether oxygens (including phenoxy) is 1. The zero-order chi connectivity index (χ0) is 12.1. The number of para-hydroxylation sites is 1. The van der Waals surface area contributed by atoms with Crippen molar-refractivity contribution in [1.29, 1.82) is 5.26 Å². The van der Waals surface area contributed by atoms with Crippen molar-refractivity contribution in [2.45, 2.75) is 44.6 Å². The van der Waals surface area contributed by atoms with Crippen LogP contribution < -0.4 is 10.5 Å². The first-order chi connectivity index (χ1) is 8.31. The van der Waals surface area contributed by atoms with Gasteiger partial charge in [0.25, 0.3) is 0 Å². The predicted octanol–water partition coefficient (Wildman–Crippen LogP) is 3.24. The highest BCUT2D eigenvalue weighted by Crippen LogP contribution is 2.28. The molecular weight excluding hydrogens is 212 g/mol. The van der Waals surface area contributed by atoms with Crippen LogP contribution in [0.4, 0.5) is 5.69 Å². The zero-order valence-corrected chi connectivity index (χ0v) is 9.98. The number of nitriles is 1. The molecule has 0 aromatic heterocycles. The summed E-state index contributed by atoms with van der Waals surface area (Å²) in [6.07, 6.45) is 7.49. The number of nitrogen functional groups attached to an aromatic ring is 1. The molecule has 1 aromatic rings. The molecule has 0 radical (unpaired) electrons. The molecule has 1 aliphatic rings. The van der Waals surface area contributed by atoms with E-state index in [1.807, 2.05) is 12.1 Å². The number of hydrogen-bond donors (Lipinski definition) is 1. The van der Waals surface area contributed by atoms with E-state index in [-0.39, 0.29) is 6.10 Å². The topological polar surface area (TPSA) is 59.0 Å². The van der Waals surface area contributed by atoms with Crippen LogP contribution in [0.15, 0.2) is 18.2 Å². The van der Waals surface area contributed by atoms with Gasteiger partial charge < -0.3 is 10.5 Å². The lowest BCUT2D eigenvalue weighted by atomic mass is 10.1. The summed E-state index contributed by atoms with van der Waals surface area (Å²) >= 11 is 0. The Morgan fingerprint density at radius 2 is 1.88 bits per heavy atom. The number of anilines is 1. The van der Waals surface area contributed by atoms with Crippen molar-refractivity contribution in [3.05, 3.63) is 23.8 Å². The van der Waals surface area contributed by atoms with Crippen LogP contribution in [0.25, 0.3) is 0 Å². The molecule has 2 rings (SSSR count). The number of rotatable bonds is 2. The largest absolute Gasteiger partial charge is 0.488 e. The van der Waals surface area contributed by atoms with E-state index >= 15 is 0 Å². The molecule has 0 amide bonds. The van der Waals surface area contributed by atoms with Crippen LogP contribution in [0.2, 0.25) is 0 Å².